The zero-order valence-electron chi connectivity index (χ0n) is 7.78. The van der Waals surface area contributed by atoms with Crippen LogP contribution in [0.1, 0.15) is 6.42 Å². The number of rotatable bonds is 6. The molecule has 0 aromatic rings. The van der Waals surface area contributed by atoms with E-state index in [2.05, 4.69) is 17.9 Å². The molecule has 3 N–H and O–H groups in total. The van der Waals surface area contributed by atoms with Crippen LogP contribution in [0.5, 0.6) is 0 Å². The quantitative estimate of drug-likeness (QED) is 0.261. The standard InChI is InChI=1S/C9H13NO4/c1-6(8(10)12)7(2)9(13)14-5-3-4-11/h11H,1-5H2,(H2,10,12). The molecule has 0 saturated heterocycles. The van der Waals surface area contributed by atoms with Crippen molar-refractivity contribution in [3.8, 4) is 0 Å². The number of primary amides is 1. The lowest BCUT2D eigenvalue weighted by molar-refractivity contribution is -0.139. The zero-order chi connectivity index (χ0) is 11.1. The molecule has 0 bridgehead atoms. The molecule has 14 heavy (non-hydrogen) atoms. The lowest BCUT2D eigenvalue weighted by Gasteiger charge is -2.06. The predicted molar refractivity (Wildman–Crippen MR) is 50.1 cm³/mol. The Morgan fingerprint density at radius 1 is 1.29 bits per heavy atom. The van der Waals surface area contributed by atoms with Gasteiger partial charge in [-0.3, -0.25) is 4.79 Å². The molecule has 0 atom stereocenters. The van der Waals surface area contributed by atoms with Gasteiger partial charge in [-0.15, -0.1) is 0 Å². The van der Waals surface area contributed by atoms with E-state index in [0.717, 1.165) is 0 Å². The van der Waals surface area contributed by atoms with Gasteiger partial charge in [0.25, 0.3) is 0 Å². The minimum absolute atomic E-state index is 0.0698. The number of ether oxygens (including phenoxy) is 1. The summed E-state index contributed by atoms with van der Waals surface area (Å²) in [7, 11) is 0. The van der Waals surface area contributed by atoms with Crippen molar-refractivity contribution in [2.75, 3.05) is 13.2 Å². The van der Waals surface area contributed by atoms with E-state index in [4.69, 9.17) is 10.8 Å². The first-order valence-electron chi connectivity index (χ1n) is 3.96. The highest BCUT2D eigenvalue weighted by Crippen LogP contribution is 2.06. The van der Waals surface area contributed by atoms with Crippen molar-refractivity contribution in [1.29, 1.82) is 0 Å². The highest BCUT2D eigenvalue weighted by Gasteiger charge is 2.15. The van der Waals surface area contributed by atoms with E-state index in [9.17, 15) is 9.59 Å². The van der Waals surface area contributed by atoms with Crippen LogP contribution in [0.2, 0.25) is 0 Å². The third kappa shape index (κ3) is 3.86. The van der Waals surface area contributed by atoms with Gasteiger partial charge in [0.2, 0.25) is 5.91 Å². The summed E-state index contributed by atoms with van der Waals surface area (Å²) in [5.41, 5.74) is 4.56. The second kappa shape index (κ2) is 5.93. The summed E-state index contributed by atoms with van der Waals surface area (Å²) in [6, 6.07) is 0. The van der Waals surface area contributed by atoms with Crippen LogP contribution < -0.4 is 5.73 Å². The Morgan fingerprint density at radius 2 is 1.86 bits per heavy atom. The molecule has 0 aromatic carbocycles. The number of amides is 1. The van der Waals surface area contributed by atoms with Crippen molar-refractivity contribution >= 4 is 11.9 Å². The van der Waals surface area contributed by atoms with Crippen molar-refractivity contribution in [1.82, 2.24) is 0 Å². The number of carbonyl (C=O) groups is 2. The molecule has 5 nitrogen and oxygen atoms in total. The van der Waals surface area contributed by atoms with Crippen LogP contribution in [-0.4, -0.2) is 30.2 Å². The fourth-order valence-corrected chi connectivity index (χ4v) is 0.588. The second-order valence-corrected chi connectivity index (χ2v) is 2.53. The molecule has 1 amide bonds. The largest absolute Gasteiger partial charge is 0.462 e. The Labute approximate surface area is 81.9 Å². The van der Waals surface area contributed by atoms with Gasteiger partial charge in [0.15, 0.2) is 0 Å². The van der Waals surface area contributed by atoms with Crippen LogP contribution >= 0.6 is 0 Å². The highest BCUT2D eigenvalue weighted by molar-refractivity contribution is 6.07. The molecule has 0 aliphatic rings. The van der Waals surface area contributed by atoms with E-state index in [1.807, 2.05) is 0 Å². The van der Waals surface area contributed by atoms with Crippen LogP contribution in [0.3, 0.4) is 0 Å². The normalized spacial score (nSPS) is 9.21. The Bertz CT molecular complexity index is 270. The number of carbonyl (C=O) groups excluding carboxylic acids is 2. The Hall–Kier alpha value is -1.62. The van der Waals surface area contributed by atoms with Crippen molar-refractivity contribution in [2.24, 2.45) is 5.73 Å². The number of nitrogens with two attached hydrogens (primary N) is 1. The SMILES string of the molecule is C=C(C(=C)C(=O)OCCCO)C(N)=O. The first-order chi connectivity index (χ1) is 6.50. The molecule has 0 radical (unpaired) electrons. The first-order valence-corrected chi connectivity index (χ1v) is 3.96. The van der Waals surface area contributed by atoms with Crippen molar-refractivity contribution < 1.29 is 19.4 Å². The van der Waals surface area contributed by atoms with Crippen LogP contribution in [0.15, 0.2) is 24.3 Å². The van der Waals surface area contributed by atoms with Crippen LogP contribution in [-0.2, 0) is 14.3 Å². The summed E-state index contributed by atoms with van der Waals surface area (Å²) >= 11 is 0. The molecule has 0 aliphatic carbocycles. The van der Waals surface area contributed by atoms with Crippen LogP contribution in [0.25, 0.3) is 0 Å². The molecule has 0 rings (SSSR count). The Balaban J connectivity index is 4.07. The molecule has 0 aliphatic heterocycles. The van der Waals surface area contributed by atoms with Gasteiger partial charge in [-0.25, -0.2) is 4.79 Å². The van der Waals surface area contributed by atoms with Gasteiger partial charge in [-0.2, -0.15) is 0 Å². The summed E-state index contributed by atoms with van der Waals surface area (Å²) in [5, 5.41) is 8.41. The average molecular weight is 199 g/mol. The molecular formula is C9H13NO4. The molecular weight excluding hydrogens is 186 g/mol. The van der Waals surface area contributed by atoms with Crippen LogP contribution in [0.4, 0.5) is 0 Å². The topological polar surface area (TPSA) is 89.6 Å². The molecule has 78 valence electrons. The Kier molecular flexibility index (Phi) is 5.24. The summed E-state index contributed by atoms with van der Waals surface area (Å²) in [6.07, 6.45) is 0.335. The number of esters is 1. The third-order valence-corrected chi connectivity index (χ3v) is 1.44. The molecule has 5 heteroatoms. The molecule has 0 spiro atoms. The lowest BCUT2D eigenvalue weighted by Crippen LogP contribution is -2.19. The van der Waals surface area contributed by atoms with E-state index >= 15 is 0 Å². The van der Waals surface area contributed by atoms with Gasteiger partial charge < -0.3 is 15.6 Å². The first kappa shape index (κ1) is 12.4. The van der Waals surface area contributed by atoms with E-state index in [1.165, 1.54) is 0 Å². The second-order valence-electron chi connectivity index (χ2n) is 2.53. The maximum Gasteiger partial charge on any atom is 0.338 e. The molecule has 0 saturated carbocycles. The smallest absolute Gasteiger partial charge is 0.338 e. The van der Waals surface area contributed by atoms with Crippen molar-refractivity contribution in [3.05, 3.63) is 24.3 Å². The van der Waals surface area contributed by atoms with E-state index in [0.29, 0.717) is 6.42 Å². The van der Waals surface area contributed by atoms with Crippen LogP contribution in [0, 0.1) is 0 Å². The van der Waals surface area contributed by atoms with E-state index in [-0.39, 0.29) is 24.4 Å². The summed E-state index contributed by atoms with van der Waals surface area (Å²) < 4.78 is 4.65. The Morgan fingerprint density at radius 3 is 2.29 bits per heavy atom. The van der Waals surface area contributed by atoms with Crippen molar-refractivity contribution in [3.63, 3.8) is 0 Å². The predicted octanol–water partition coefficient (Wildman–Crippen LogP) is -0.490. The van der Waals surface area contributed by atoms with Gasteiger partial charge in [0, 0.05) is 18.6 Å². The number of aliphatic hydroxyl groups is 1. The van der Waals surface area contributed by atoms with E-state index < -0.39 is 11.9 Å². The summed E-state index contributed by atoms with van der Waals surface area (Å²) in [4.78, 5) is 21.7. The monoisotopic (exact) mass is 199 g/mol. The lowest BCUT2D eigenvalue weighted by atomic mass is 10.1. The number of hydrogen-bond acceptors (Lipinski definition) is 4. The summed E-state index contributed by atoms with van der Waals surface area (Å²) in [5.74, 6) is -1.56. The zero-order valence-corrected chi connectivity index (χ0v) is 7.78. The average Bonchev–Trinajstić information content (AvgIpc) is 2.15. The van der Waals surface area contributed by atoms with Gasteiger partial charge in [0.1, 0.15) is 0 Å². The maximum atomic E-state index is 11.1. The minimum Gasteiger partial charge on any atom is -0.462 e. The minimum atomic E-state index is -0.811. The fraction of sp³-hybridized carbons (Fsp3) is 0.333. The number of aliphatic hydroxyl groups excluding tert-OH is 1. The van der Waals surface area contributed by atoms with Crippen molar-refractivity contribution in [2.45, 2.75) is 6.42 Å². The fourth-order valence-electron chi connectivity index (χ4n) is 0.588. The molecule has 0 fully saturated rings. The molecule has 0 unspecified atom stereocenters. The third-order valence-electron chi connectivity index (χ3n) is 1.44. The van der Waals surface area contributed by atoms with Gasteiger partial charge >= 0.3 is 5.97 Å². The summed E-state index contributed by atoms with van der Waals surface area (Å²) in [6.45, 7) is 6.59. The van der Waals surface area contributed by atoms with Gasteiger partial charge in [0.05, 0.1) is 12.2 Å². The number of hydrogen-bond donors (Lipinski definition) is 2. The molecule has 0 heterocycles. The van der Waals surface area contributed by atoms with Gasteiger partial charge in [-0.05, 0) is 0 Å². The molecule has 0 aromatic heterocycles. The van der Waals surface area contributed by atoms with E-state index in [1.54, 1.807) is 0 Å². The highest BCUT2D eigenvalue weighted by atomic mass is 16.5. The maximum absolute atomic E-state index is 11.1. The van der Waals surface area contributed by atoms with Gasteiger partial charge in [-0.1, -0.05) is 13.2 Å².